The third-order valence-electron chi connectivity index (χ3n) is 4.95. The molecular weight excluding hydrogens is 400 g/mol. The minimum Gasteiger partial charge on any atom is -0.462 e. The van der Waals surface area contributed by atoms with Crippen LogP contribution in [0.4, 0.5) is 5.00 Å². The van der Waals surface area contributed by atoms with Gasteiger partial charge in [-0.25, -0.2) is 4.79 Å². The predicted octanol–water partition coefficient (Wildman–Crippen LogP) is 4.20. The Morgan fingerprint density at radius 2 is 1.96 bits per heavy atom. The first kappa shape index (κ1) is 20.2. The van der Waals surface area contributed by atoms with Crippen molar-refractivity contribution in [3.63, 3.8) is 0 Å². The Labute approximate surface area is 171 Å². The number of nitrogens with zero attached hydrogens (tertiary/aromatic N) is 1. The van der Waals surface area contributed by atoms with E-state index in [2.05, 4.69) is 0 Å². The fraction of sp³-hybridized carbons (Fsp3) is 0.350. The highest BCUT2D eigenvalue weighted by molar-refractivity contribution is 7.18. The summed E-state index contributed by atoms with van der Waals surface area (Å²) in [6, 6.07) is 9.13. The zero-order valence-electron chi connectivity index (χ0n) is 15.3. The second kappa shape index (κ2) is 8.21. The lowest BCUT2D eigenvalue weighted by Gasteiger charge is -2.39. The molecule has 1 heterocycles. The average Bonchev–Trinajstić information content (AvgIpc) is 2.96. The third kappa shape index (κ3) is 3.58. The van der Waals surface area contributed by atoms with Gasteiger partial charge >= 0.3 is 11.9 Å². The highest BCUT2D eigenvalue weighted by Crippen LogP contribution is 2.45. The molecule has 1 aromatic carbocycles. The molecule has 8 heteroatoms. The number of nitriles is 1. The van der Waals surface area contributed by atoms with Crippen LogP contribution in [-0.2, 0) is 26.3 Å². The first-order valence-corrected chi connectivity index (χ1v) is 10.0. The summed E-state index contributed by atoms with van der Waals surface area (Å²) >= 11 is 6.92. The maximum absolute atomic E-state index is 12.9. The minimum atomic E-state index is -0.719. The molecule has 2 N–H and O–H groups in total. The van der Waals surface area contributed by atoms with E-state index >= 15 is 0 Å². The van der Waals surface area contributed by atoms with E-state index in [1.54, 1.807) is 19.1 Å². The number of anilines is 1. The standard InChI is InChI=1S/C20H19ClN2O4S/c1-2-26-18(24)16-15(14(10-22)17(23)28-16)11-27-19(25)20(8-3-9-20)12-4-6-13(21)7-5-12/h4-7H,2-3,8-9,11,23H2,1H3. The van der Waals surface area contributed by atoms with Crippen LogP contribution in [0.5, 0.6) is 0 Å². The summed E-state index contributed by atoms with van der Waals surface area (Å²) in [6.07, 6.45) is 2.27. The van der Waals surface area contributed by atoms with Gasteiger partial charge in [0.1, 0.15) is 22.6 Å². The van der Waals surface area contributed by atoms with Crippen LogP contribution in [0.3, 0.4) is 0 Å². The molecule has 3 rings (SSSR count). The molecule has 0 amide bonds. The first-order valence-electron chi connectivity index (χ1n) is 8.84. The largest absolute Gasteiger partial charge is 0.462 e. The molecule has 146 valence electrons. The van der Waals surface area contributed by atoms with E-state index in [9.17, 15) is 14.9 Å². The Hall–Kier alpha value is -2.56. The van der Waals surface area contributed by atoms with E-state index < -0.39 is 11.4 Å². The molecule has 0 aliphatic heterocycles. The fourth-order valence-electron chi connectivity index (χ4n) is 3.29. The van der Waals surface area contributed by atoms with Gasteiger partial charge in [-0.2, -0.15) is 5.26 Å². The van der Waals surface area contributed by atoms with Crippen molar-refractivity contribution < 1.29 is 19.1 Å². The number of esters is 2. The van der Waals surface area contributed by atoms with Gasteiger partial charge in [0, 0.05) is 10.6 Å². The monoisotopic (exact) mass is 418 g/mol. The number of nitrogen functional groups attached to an aromatic ring is 1. The maximum Gasteiger partial charge on any atom is 0.348 e. The van der Waals surface area contributed by atoms with Crippen LogP contribution in [-0.4, -0.2) is 18.5 Å². The Bertz CT molecular complexity index is 942. The zero-order chi connectivity index (χ0) is 20.3. The van der Waals surface area contributed by atoms with Crippen LogP contribution >= 0.6 is 22.9 Å². The number of carbonyl (C=O) groups excluding carboxylic acids is 2. The number of rotatable bonds is 6. The Balaban J connectivity index is 1.83. The third-order valence-corrected chi connectivity index (χ3v) is 6.24. The average molecular weight is 419 g/mol. The molecule has 0 spiro atoms. The van der Waals surface area contributed by atoms with E-state index in [4.69, 9.17) is 26.8 Å². The van der Waals surface area contributed by atoms with Crippen LogP contribution in [0.1, 0.15) is 52.5 Å². The van der Waals surface area contributed by atoms with Gasteiger partial charge in [0.25, 0.3) is 0 Å². The van der Waals surface area contributed by atoms with Crippen molar-refractivity contribution in [1.82, 2.24) is 0 Å². The lowest BCUT2D eigenvalue weighted by molar-refractivity contribution is -0.155. The molecule has 0 saturated heterocycles. The van der Waals surface area contributed by atoms with E-state index in [0.717, 1.165) is 23.3 Å². The van der Waals surface area contributed by atoms with E-state index in [1.165, 1.54) is 0 Å². The summed E-state index contributed by atoms with van der Waals surface area (Å²) in [6.45, 7) is 1.67. The van der Waals surface area contributed by atoms with Crippen molar-refractivity contribution >= 4 is 39.9 Å². The van der Waals surface area contributed by atoms with E-state index in [-0.39, 0.29) is 34.6 Å². The molecule has 1 aliphatic rings. The highest BCUT2D eigenvalue weighted by Gasteiger charge is 2.47. The first-order chi connectivity index (χ1) is 13.4. The van der Waals surface area contributed by atoms with Crippen molar-refractivity contribution in [2.45, 2.75) is 38.2 Å². The Morgan fingerprint density at radius 1 is 1.29 bits per heavy atom. The molecule has 0 atom stereocenters. The maximum atomic E-state index is 12.9. The van der Waals surface area contributed by atoms with Crippen molar-refractivity contribution in [3.05, 3.63) is 50.9 Å². The zero-order valence-corrected chi connectivity index (χ0v) is 16.9. The molecule has 0 radical (unpaired) electrons. The van der Waals surface area contributed by atoms with Crippen LogP contribution < -0.4 is 5.73 Å². The van der Waals surface area contributed by atoms with Gasteiger partial charge in [-0.3, -0.25) is 4.79 Å². The molecule has 1 saturated carbocycles. The van der Waals surface area contributed by atoms with Gasteiger partial charge < -0.3 is 15.2 Å². The lowest BCUT2D eigenvalue weighted by Crippen LogP contribution is -2.43. The summed E-state index contributed by atoms with van der Waals surface area (Å²) in [5, 5.41) is 10.2. The second-order valence-electron chi connectivity index (χ2n) is 6.50. The normalized spacial score (nSPS) is 14.6. The van der Waals surface area contributed by atoms with Crippen LogP contribution in [0.25, 0.3) is 0 Å². The quantitative estimate of drug-likeness (QED) is 0.705. The molecule has 6 nitrogen and oxygen atoms in total. The fourth-order valence-corrected chi connectivity index (χ4v) is 4.34. The smallest absolute Gasteiger partial charge is 0.348 e. The number of halogens is 1. The number of ether oxygens (including phenoxy) is 2. The van der Waals surface area contributed by atoms with Gasteiger partial charge in [0.15, 0.2) is 0 Å². The summed E-state index contributed by atoms with van der Waals surface area (Å²) in [5.74, 6) is -0.965. The second-order valence-corrected chi connectivity index (χ2v) is 7.99. The summed E-state index contributed by atoms with van der Waals surface area (Å²) in [4.78, 5) is 25.3. The predicted molar refractivity (Wildman–Crippen MR) is 106 cm³/mol. The topological polar surface area (TPSA) is 102 Å². The molecule has 28 heavy (non-hydrogen) atoms. The van der Waals surface area contributed by atoms with Gasteiger partial charge in [-0.05, 0) is 37.5 Å². The van der Waals surface area contributed by atoms with Crippen molar-refractivity contribution in [3.8, 4) is 6.07 Å². The van der Waals surface area contributed by atoms with Gasteiger partial charge in [0.2, 0.25) is 0 Å². The van der Waals surface area contributed by atoms with Gasteiger partial charge in [-0.15, -0.1) is 11.3 Å². The Morgan fingerprint density at radius 3 is 2.50 bits per heavy atom. The van der Waals surface area contributed by atoms with Crippen LogP contribution in [0.2, 0.25) is 5.02 Å². The van der Waals surface area contributed by atoms with Crippen LogP contribution in [0, 0.1) is 11.3 Å². The molecule has 1 fully saturated rings. The number of thiophene rings is 1. The number of benzene rings is 1. The summed E-state index contributed by atoms with van der Waals surface area (Å²) < 4.78 is 10.6. The van der Waals surface area contributed by atoms with Crippen molar-refractivity contribution in [2.24, 2.45) is 0 Å². The van der Waals surface area contributed by atoms with E-state index in [1.807, 2.05) is 18.2 Å². The number of carbonyl (C=O) groups is 2. The number of hydrogen-bond acceptors (Lipinski definition) is 7. The van der Waals surface area contributed by atoms with Gasteiger partial charge in [0.05, 0.1) is 17.6 Å². The summed E-state index contributed by atoms with van der Waals surface area (Å²) in [5.41, 5.74) is 6.43. The molecule has 2 aromatic rings. The van der Waals surface area contributed by atoms with Gasteiger partial charge in [-0.1, -0.05) is 30.2 Å². The molecule has 0 unspecified atom stereocenters. The molecule has 1 aliphatic carbocycles. The summed E-state index contributed by atoms with van der Waals surface area (Å²) in [7, 11) is 0. The SMILES string of the molecule is CCOC(=O)c1sc(N)c(C#N)c1COC(=O)C1(c2ccc(Cl)cc2)CCC1. The van der Waals surface area contributed by atoms with E-state index in [0.29, 0.717) is 23.4 Å². The Kier molecular flexibility index (Phi) is 5.92. The number of hydrogen-bond donors (Lipinski definition) is 1. The lowest BCUT2D eigenvalue weighted by atomic mass is 9.64. The van der Waals surface area contributed by atoms with Crippen LogP contribution in [0.15, 0.2) is 24.3 Å². The number of nitrogens with two attached hydrogens (primary N) is 1. The van der Waals surface area contributed by atoms with Crippen molar-refractivity contribution in [1.29, 1.82) is 5.26 Å². The van der Waals surface area contributed by atoms with Crippen molar-refractivity contribution in [2.75, 3.05) is 12.3 Å². The molecular formula is C20H19ClN2O4S. The highest BCUT2D eigenvalue weighted by atomic mass is 35.5. The molecule has 1 aromatic heterocycles. The molecule has 0 bridgehead atoms. The minimum absolute atomic E-state index is 0.148.